The van der Waals surface area contributed by atoms with Crippen LogP contribution in [0.5, 0.6) is 0 Å². The average Bonchev–Trinajstić information content (AvgIpc) is 3.58. The highest BCUT2D eigenvalue weighted by molar-refractivity contribution is 6.33. The van der Waals surface area contributed by atoms with E-state index in [1.165, 1.54) is 12.3 Å². The molecule has 37 heavy (non-hydrogen) atoms. The lowest BCUT2D eigenvalue weighted by Crippen LogP contribution is -2.45. The maximum absolute atomic E-state index is 15.1. The minimum absolute atomic E-state index is 0.0974. The third-order valence-electron chi connectivity index (χ3n) is 7.40. The van der Waals surface area contributed by atoms with Gasteiger partial charge in [-0.05, 0) is 52.3 Å². The lowest BCUT2D eigenvalue weighted by Gasteiger charge is -2.33. The molecule has 0 spiro atoms. The first-order chi connectivity index (χ1) is 17.8. The van der Waals surface area contributed by atoms with Crippen LogP contribution >= 0.6 is 11.6 Å². The summed E-state index contributed by atoms with van der Waals surface area (Å²) in [6, 6.07) is 6.55. The van der Waals surface area contributed by atoms with Crippen molar-refractivity contribution in [1.29, 1.82) is 5.26 Å². The molecule has 2 N–H and O–H groups in total. The van der Waals surface area contributed by atoms with Crippen LogP contribution < -0.4 is 10.6 Å². The second-order valence-electron chi connectivity index (χ2n) is 10.3. The standard InChI is InChI=1S/C20H23ClFN7.C6H9NO/c1-10(2)29-16-5-11(17-14(21)7-24-19(23)25-17)4-15(22)18(16)26-20(29)28-9-12-6-13(28)8-27(12)3;7-4-6-2-1-3-8-5-6/h4-5,7,10,12-13H,6,8-9H2,1-3H3,(H2,23,24,25);6H,1-3,5H2. The van der Waals surface area contributed by atoms with Crippen LogP contribution in [-0.2, 0) is 4.74 Å². The van der Waals surface area contributed by atoms with Crippen molar-refractivity contribution < 1.29 is 9.13 Å². The molecule has 0 aliphatic carbocycles. The Labute approximate surface area is 221 Å². The number of halogens is 2. The molecule has 2 aromatic heterocycles. The van der Waals surface area contributed by atoms with E-state index in [4.69, 9.17) is 32.3 Å². The molecule has 196 valence electrons. The number of hydrogen-bond donors (Lipinski definition) is 1. The Hall–Kier alpha value is -3.00. The van der Waals surface area contributed by atoms with Crippen LogP contribution in [0.25, 0.3) is 22.3 Å². The van der Waals surface area contributed by atoms with Gasteiger partial charge in [0.2, 0.25) is 11.9 Å². The van der Waals surface area contributed by atoms with Crippen LogP contribution in [0.4, 0.5) is 16.3 Å². The van der Waals surface area contributed by atoms with Crippen molar-refractivity contribution in [2.24, 2.45) is 5.92 Å². The number of benzene rings is 1. The second kappa shape index (κ2) is 10.4. The number of nitrogens with zero attached hydrogens (tertiary/aromatic N) is 7. The largest absolute Gasteiger partial charge is 0.380 e. The van der Waals surface area contributed by atoms with Gasteiger partial charge in [-0.3, -0.25) is 4.90 Å². The summed E-state index contributed by atoms with van der Waals surface area (Å²) in [6.07, 6.45) is 4.64. The van der Waals surface area contributed by atoms with Crippen molar-refractivity contribution in [2.45, 2.75) is 51.2 Å². The minimum atomic E-state index is -0.395. The molecule has 5 heterocycles. The van der Waals surface area contributed by atoms with Gasteiger partial charge in [-0.15, -0.1) is 0 Å². The summed E-state index contributed by atoms with van der Waals surface area (Å²) in [4.78, 5) is 17.6. The molecule has 3 aromatic rings. The molecule has 9 nitrogen and oxygen atoms in total. The monoisotopic (exact) mass is 526 g/mol. The molecule has 0 radical (unpaired) electrons. The lowest BCUT2D eigenvalue weighted by molar-refractivity contribution is 0.0733. The summed E-state index contributed by atoms with van der Waals surface area (Å²) in [5.74, 6) is 0.705. The molecule has 3 fully saturated rings. The summed E-state index contributed by atoms with van der Waals surface area (Å²) in [5, 5.41) is 8.69. The van der Waals surface area contributed by atoms with Crippen LogP contribution in [0.15, 0.2) is 18.3 Å². The number of ether oxygens (including phenoxy) is 1. The third kappa shape index (κ3) is 4.96. The first kappa shape index (κ1) is 25.6. The van der Waals surface area contributed by atoms with E-state index < -0.39 is 5.82 Å². The Bertz CT molecular complexity index is 1330. The van der Waals surface area contributed by atoms with Gasteiger partial charge in [0.1, 0.15) is 5.52 Å². The molecule has 2 bridgehead atoms. The van der Waals surface area contributed by atoms with E-state index in [0.29, 0.717) is 40.5 Å². The van der Waals surface area contributed by atoms with Gasteiger partial charge in [0.25, 0.3) is 0 Å². The van der Waals surface area contributed by atoms with Gasteiger partial charge in [0.05, 0.1) is 41.0 Å². The number of nitriles is 1. The first-order valence-electron chi connectivity index (χ1n) is 12.7. The zero-order valence-corrected chi connectivity index (χ0v) is 22.1. The minimum Gasteiger partial charge on any atom is -0.380 e. The van der Waals surface area contributed by atoms with Gasteiger partial charge in [-0.1, -0.05) is 11.6 Å². The first-order valence-corrected chi connectivity index (χ1v) is 13.1. The molecule has 1 aromatic carbocycles. The molecule has 11 heteroatoms. The fourth-order valence-corrected chi connectivity index (χ4v) is 5.73. The summed E-state index contributed by atoms with van der Waals surface area (Å²) in [5.41, 5.74) is 7.80. The van der Waals surface area contributed by atoms with E-state index >= 15 is 4.39 Å². The molecule has 3 atom stereocenters. The summed E-state index contributed by atoms with van der Waals surface area (Å²) in [7, 11) is 2.16. The number of nitrogen functional groups attached to an aromatic ring is 1. The van der Waals surface area contributed by atoms with Gasteiger partial charge in [-0.2, -0.15) is 5.26 Å². The molecule has 3 aliphatic heterocycles. The number of hydrogen-bond acceptors (Lipinski definition) is 8. The Morgan fingerprint density at radius 1 is 1.24 bits per heavy atom. The van der Waals surface area contributed by atoms with E-state index in [-0.39, 0.29) is 17.9 Å². The molecule has 3 unspecified atom stereocenters. The topological polar surface area (TPSA) is 109 Å². The van der Waals surface area contributed by atoms with Gasteiger partial charge >= 0.3 is 0 Å². The van der Waals surface area contributed by atoms with E-state index in [1.807, 2.05) is 6.07 Å². The van der Waals surface area contributed by atoms with Crippen LogP contribution in [0, 0.1) is 23.1 Å². The molecule has 6 rings (SSSR count). The number of anilines is 2. The van der Waals surface area contributed by atoms with Crippen LogP contribution in [-0.4, -0.2) is 69.9 Å². The highest BCUT2D eigenvalue weighted by Gasteiger charge is 2.43. The molecule has 0 saturated carbocycles. The Kier molecular flexibility index (Phi) is 7.21. The summed E-state index contributed by atoms with van der Waals surface area (Å²) >= 11 is 6.26. The second-order valence-corrected chi connectivity index (χ2v) is 10.7. The van der Waals surface area contributed by atoms with Crippen LogP contribution in [0.1, 0.15) is 39.2 Å². The van der Waals surface area contributed by atoms with E-state index in [9.17, 15) is 0 Å². The highest BCUT2D eigenvalue weighted by Crippen LogP contribution is 2.38. The van der Waals surface area contributed by atoms with Gasteiger partial charge in [0.15, 0.2) is 5.82 Å². The number of aromatic nitrogens is 4. The zero-order valence-electron chi connectivity index (χ0n) is 21.4. The van der Waals surface area contributed by atoms with Crippen LogP contribution in [0.2, 0.25) is 5.02 Å². The van der Waals surface area contributed by atoms with Crippen molar-refractivity contribution in [2.75, 3.05) is 44.0 Å². The zero-order chi connectivity index (χ0) is 26.3. The molecular weight excluding hydrogens is 495 g/mol. The fraction of sp³-hybridized carbons (Fsp3) is 0.538. The Morgan fingerprint density at radius 3 is 2.65 bits per heavy atom. The van der Waals surface area contributed by atoms with Crippen LogP contribution in [0.3, 0.4) is 0 Å². The molecule has 3 aliphatic rings. The van der Waals surface area contributed by atoms with Gasteiger partial charge < -0.3 is 19.9 Å². The molecule has 3 saturated heterocycles. The number of likely N-dealkylation sites (tertiary alicyclic amines) is 1. The molecule has 0 amide bonds. The number of imidazole rings is 1. The van der Waals surface area contributed by atoms with Crippen molar-refractivity contribution in [1.82, 2.24) is 24.4 Å². The van der Waals surface area contributed by atoms with E-state index in [1.54, 1.807) is 0 Å². The Balaban J connectivity index is 0.000000301. The van der Waals surface area contributed by atoms with E-state index in [0.717, 1.165) is 50.4 Å². The number of rotatable bonds is 3. The van der Waals surface area contributed by atoms with Gasteiger partial charge in [0, 0.05) is 43.4 Å². The number of fused-ring (bicyclic) bond motifs is 3. The number of likely N-dealkylation sites (N-methyl/N-ethyl adjacent to an activating group) is 1. The van der Waals surface area contributed by atoms with Crippen molar-refractivity contribution in [3.8, 4) is 17.3 Å². The Morgan fingerprint density at radius 2 is 2.05 bits per heavy atom. The average molecular weight is 527 g/mol. The fourth-order valence-electron chi connectivity index (χ4n) is 5.53. The normalized spacial score (nSPS) is 23.4. The summed E-state index contributed by atoms with van der Waals surface area (Å²) < 4.78 is 22.3. The van der Waals surface area contributed by atoms with Gasteiger partial charge in [-0.25, -0.2) is 19.3 Å². The highest BCUT2D eigenvalue weighted by atomic mass is 35.5. The maximum Gasteiger partial charge on any atom is 0.220 e. The predicted octanol–water partition coefficient (Wildman–Crippen LogP) is 4.28. The van der Waals surface area contributed by atoms with Crippen molar-refractivity contribution >= 4 is 34.5 Å². The smallest absolute Gasteiger partial charge is 0.220 e. The number of nitrogens with two attached hydrogens (primary N) is 1. The third-order valence-corrected chi connectivity index (χ3v) is 7.67. The summed E-state index contributed by atoms with van der Waals surface area (Å²) in [6.45, 7) is 7.60. The SMILES string of the molecule is CC(C)n1c(N2CC3CC2CN3C)nc2c(F)cc(-c3nc(N)ncc3Cl)cc21.N#CC1CCCOC1. The maximum atomic E-state index is 15.1. The quantitative estimate of drug-likeness (QED) is 0.538. The number of piperazine rings is 1. The van der Waals surface area contributed by atoms with E-state index in [2.05, 4.69) is 51.3 Å². The van der Waals surface area contributed by atoms with Crippen molar-refractivity contribution in [3.05, 3.63) is 29.2 Å². The lowest BCUT2D eigenvalue weighted by atomic mass is 10.1. The predicted molar refractivity (Wildman–Crippen MR) is 142 cm³/mol. The van der Waals surface area contributed by atoms with Crippen molar-refractivity contribution in [3.63, 3.8) is 0 Å². The molecular formula is C26H32ClFN8O.